The van der Waals surface area contributed by atoms with E-state index in [1.807, 2.05) is 12.1 Å². The molecule has 1 saturated carbocycles. The predicted octanol–water partition coefficient (Wildman–Crippen LogP) is 3.18. The summed E-state index contributed by atoms with van der Waals surface area (Å²) in [6, 6.07) is 1.82. The lowest BCUT2D eigenvalue weighted by molar-refractivity contribution is -0.116. The smallest absolute Gasteiger partial charge is 0.273 e. The fourth-order valence-corrected chi connectivity index (χ4v) is 4.27. The van der Waals surface area contributed by atoms with Crippen LogP contribution in [0.25, 0.3) is 6.08 Å². The molecule has 1 aliphatic carbocycles. The van der Waals surface area contributed by atoms with Gasteiger partial charge >= 0.3 is 0 Å². The maximum absolute atomic E-state index is 12.5. The maximum atomic E-state index is 12.5. The number of H-pyrrole nitrogens is 1. The Morgan fingerprint density at radius 3 is 2.70 bits per heavy atom. The number of amides is 1. The van der Waals surface area contributed by atoms with E-state index in [0.29, 0.717) is 17.2 Å². The van der Waals surface area contributed by atoms with Crippen molar-refractivity contribution < 1.29 is 4.79 Å². The second-order valence-corrected chi connectivity index (χ2v) is 8.05. The number of hydrogen-bond donors (Lipinski definition) is 2. The van der Waals surface area contributed by atoms with Crippen LogP contribution in [0.3, 0.4) is 0 Å². The van der Waals surface area contributed by atoms with E-state index in [1.54, 1.807) is 12.4 Å². The number of aryl methyl sites for hydroxylation is 1. The van der Waals surface area contributed by atoms with Crippen molar-refractivity contribution in [3.63, 3.8) is 0 Å². The van der Waals surface area contributed by atoms with Crippen molar-refractivity contribution in [2.24, 2.45) is 5.10 Å². The molecular formula is C23H30N6O. The van der Waals surface area contributed by atoms with Crippen LogP contribution < -0.4 is 5.43 Å². The summed E-state index contributed by atoms with van der Waals surface area (Å²) in [5.41, 5.74) is 9.66. The van der Waals surface area contributed by atoms with Crippen LogP contribution in [0, 0.1) is 6.92 Å². The van der Waals surface area contributed by atoms with Crippen LogP contribution in [-0.2, 0) is 11.2 Å². The van der Waals surface area contributed by atoms with Crippen molar-refractivity contribution in [2.45, 2.75) is 52.4 Å². The number of hydrogen-bond acceptors (Lipinski definition) is 5. The van der Waals surface area contributed by atoms with Crippen molar-refractivity contribution in [3.8, 4) is 0 Å². The van der Waals surface area contributed by atoms with Gasteiger partial charge in [0, 0.05) is 17.0 Å². The minimum absolute atomic E-state index is 0.182. The number of rotatable bonds is 9. The molecule has 158 valence electrons. The number of carbonyl (C=O) groups excluding carboxylic acids is 1. The zero-order chi connectivity index (χ0) is 21.1. The van der Waals surface area contributed by atoms with Crippen LogP contribution in [-0.4, -0.2) is 51.3 Å². The van der Waals surface area contributed by atoms with Gasteiger partial charge in [-0.1, -0.05) is 13.8 Å². The van der Waals surface area contributed by atoms with E-state index in [4.69, 9.17) is 0 Å². The number of nitrogens with one attached hydrogen (secondary N) is 2. The summed E-state index contributed by atoms with van der Waals surface area (Å²) in [6.45, 7) is 9.89. The van der Waals surface area contributed by atoms with Crippen LogP contribution in [0.15, 0.2) is 29.1 Å². The molecule has 0 unspecified atom stereocenters. The molecule has 0 aromatic carbocycles. The van der Waals surface area contributed by atoms with Crippen LogP contribution in [0.5, 0.6) is 0 Å². The van der Waals surface area contributed by atoms with Gasteiger partial charge in [0.1, 0.15) is 5.71 Å². The first kappa shape index (κ1) is 20.5. The number of nitrogens with zero attached hydrogens (tertiary/aromatic N) is 4. The highest BCUT2D eigenvalue weighted by Crippen LogP contribution is 2.45. The second kappa shape index (κ2) is 8.92. The zero-order valence-electron chi connectivity index (χ0n) is 18.0. The van der Waals surface area contributed by atoms with Gasteiger partial charge < -0.3 is 9.88 Å². The molecular weight excluding hydrogens is 376 g/mol. The zero-order valence-corrected chi connectivity index (χ0v) is 18.0. The van der Waals surface area contributed by atoms with E-state index in [9.17, 15) is 4.79 Å². The minimum Gasteiger partial charge on any atom is -0.359 e. The Hall–Kier alpha value is -2.80. The highest BCUT2D eigenvalue weighted by Gasteiger charge is 2.32. The lowest BCUT2D eigenvalue weighted by atomic mass is 9.97. The number of carbonyl (C=O) groups is 1. The van der Waals surface area contributed by atoms with Crippen molar-refractivity contribution in [1.29, 1.82) is 0 Å². The van der Waals surface area contributed by atoms with Gasteiger partial charge in [-0.3, -0.25) is 4.79 Å². The Balaban J connectivity index is 1.63. The van der Waals surface area contributed by atoms with Gasteiger partial charge in [0.05, 0.1) is 18.0 Å². The van der Waals surface area contributed by atoms with E-state index in [-0.39, 0.29) is 5.91 Å². The first-order valence-electron chi connectivity index (χ1n) is 10.9. The monoisotopic (exact) mass is 406 g/mol. The number of aromatic amines is 1. The molecule has 1 fully saturated rings. The van der Waals surface area contributed by atoms with Crippen LogP contribution >= 0.6 is 0 Å². The van der Waals surface area contributed by atoms with Crippen LogP contribution in [0.2, 0.25) is 0 Å². The van der Waals surface area contributed by atoms with Crippen molar-refractivity contribution in [1.82, 2.24) is 25.5 Å². The van der Waals surface area contributed by atoms with Crippen molar-refractivity contribution >= 4 is 17.7 Å². The van der Waals surface area contributed by atoms with E-state index >= 15 is 0 Å². The standard InChI is InChI=1S/C23H30N6O/c1-4-29(5-2)12-6-7-18-15(3)26-20(21(18)16-8-9-16)13-19-22(27-28-23(19)30)17-10-11-24-25-14-17/h10-11,13-14,16,26H,4-9,12H2,1-3H3,(H,28,30)/b19-13+. The van der Waals surface area contributed by atoms with Gasteiger partial charge in [-0.15, -0.1) is 0 Å². The first-order valence-corrected chi connectivity index (χ1v) is 10.9. The SMILES string of the molecule is CCN(CC)CCCc1c(C)[nH]c(/C=C2/C(=O)NN=C2c2ccnnc2)c1C1CC1. The molecule has 1 aliphatic heterocycles. The van der Waals surface area contributed by atoms with Gasteiger partial charge in [0.15, 0.2) is 0 Å². The Bertz CT molecular complexity index is 967. The third-order valence-corrected chi connectivity index (χ3v) is 6.09. The highest BCUT2D eigenvalue weighted by atomic mass is 16.2. The minimum atomic E-state index is -0.182. The summed E-state index contributed by atoms with van der Waals surface area (Å²) in [5, 5.41) is 12.0. The molecule has 3 heterocycles. The molecule has 0 saturated heterocycles. The summed E-state index contributed by atoms with van der Waals surface area (Å²) in [4.78, 5) is 18.6. The third-order valence-electron chi connectivity index (χ3n) is 6.09. The summed E-state index contributed by atoms with van der Waals surface area (Å²) in [5.74, 6) is 0.414. The molecule has 7 heteroatoms. The first-order chi connectivity index (χ1) is 14.6. The van der Waals surface area contributed by atoms with E-state index < -0.39 is 0 Å². The molecule has 0 spiro atoms. The Kier molecular flexibility index (Phi) is 6.08. The highest BCUT2D eigenvalue weighted by molar-refractivity contribution is 6.33. The van der Waals surface area contributed by atoms with Gasteiger partial charge in [0.25, 0.3) is 5.91 Å². The predicted molar refractivity (Wildman–Crippen MR) is 118 cm³/mol. The topological polar surface area (TPSA) is 86.3 Å². The fourth-order valence-electron chi connectivity index (χ4n) is 4.27. The van der Waals surface area contributed by atoms with Crippen molar-refractivity contribution in [3.05, 3.63) is 52.1 Å². The molecule has 2 aromatic heterocycles. The van der Waals surface area contributed by atoms with E-state index in [0.717, 1.165) is 43.7 Å². The molecule has 7 nitrogen and oxygen atoms in total. The summed E-state index contributed by atoms with van der Waals surface area (Å²) >= 11 is 0. The summed E-state index contributed by atoms with van der Waals surface area (Å²) < 4.78 is 0. The average Bonchev–Trinajstić information content (AvgIpc) is 3.47. The van der Waals surface area contributed by atoms with Gasteiger partial charge in [-0.2, -0.15) is 15.3 Å². The van der Waals surface area contributed by atoms with Crippen LogP contribution in [0.1, 0.15) is 67.1 Å². The third kappa shape index (κ3) is 4.21. The molecule has 2 aromatic rings. The van der Waals surface area contributed by atoms with Gasteiger partial charge in [-0.25, -0.2) is 5.43 Å². The molecule has 2 N–H and O–H groups in total. The lowest BCUT2D eigenvalue weighted by Crippen LogP contribution is -2.24. The molecule has 2 aliphatic rings. The Morgan fingerprint density at radius 1 is 1.23 bits per heavy atom. The van der Waals surface area contributed by atoms with E-state index in [2.05, 4.69) is 51.4 Å². The number of aromatic nitrogens is 3. The molecule has 30 heavy (non-hydrogen) atoms. The molecule has 0 radical (unpaired) electrons. The quantitative estimate of drug-likeness (QED) is 0.626. The summed E-state index contributed by atoms with van der Waals surface area (Å²) in [7, 11) is 0. The normalized spacial score (nSPS) is 17.7. The average molecular weight is 407 g/mol. The van der Waals surface area contributed by atoms with E-state index in [1.165, 1.54) is 29.7 Å². The molecule has 0 bridgehead atoms. The molecule has 4 rings (SSSR count). The Labute approximate surface area is 177 Å². The van der Waals surface area contributed by atoms with Gasteiger partial charge in [-0.05, 0) is 81.4 Å². The molecule has 0 atom stereocenters. The summed E-state index contributed by atoms with van der Waals surface area (Å²) in [6.07, 6.45) is 9.86. The maximum Gasteiger partial charge on any atom is 0.273 e. The lowest BCUT2D eigenvalue weighted by Gasteiger charge is -2.17. The van der Waals surface area contributed by atoms with Crippen molar-refractivity contribution in [2.75, 3.05) is 19.6 Å². The Morgan fingerprint density at radius 2 is 2.03 bits per heavy atom. The fraction of sp³-hybridized carbons (Fsp3) is 0.478. The molecule has 1 amide bonds. The largest absolute Gasteiger partial charge is 0.359 e. The van der Waals surface area contributed by atoms with Gasteiger partial charge in [0.2, 0.25) is 0 Å². The number of hydrazone groups is 1. The second-order valence-electron chi connectivity index (χ2n) is 8.05. The van der Waals surface area contributed by atoms with Crippen LogP contribution in [0.4, 0.5) is 0 Å².